The maximum absolute atomic E-state index is 12.5. The highest BCUT2D eigenvalue weighted by molar-refractivity contribution is 5.94. The molecule has 3 heterocycles. The van der Waals surface area contributed by atoms with Gasteiger partial charge in [0.25, 0.3) is 11.8 Å². The fraction of sp³-hybridized carbons (Fsp3) is 0.444. The van der Waals surface area contributed by atoms with Crippen molar-refractivity contribution < 1.29 is 9.59 Å². The normalized spacial score (nSPS) is 15.4. The Morgan fingerprint density at radius 3 is 2.68 bits per heavy atom. The minimum atomic E-state index is -0.119. The second-order valence-electron chi connectivity index (χ2n) is 6.64. The molecule has 25 heavy (non-hydrogen) atoms. The van der Waals surface area contributed by atoms with Gasteiger partial charge in [-0.05, 0) is 37.0 Å². The fourth-order valence-electron chi connectivity index (χ4n) is 2.90. The van der Waals surface area contributed by atoms with E-state index in [1.54, 1.807) is 29.4 Å². The van der Waals surface area contributed by atoms with Gasteiger partial charge in [0.1, 0.15) is 5.69 Å². The lowest BCUT2D eigenvalue weighted by Crippen LogP contribution is -2.46. The highest BCUT2D eigenvalue weighted by atomic mass is 16.2. The first-order valence-electron chi connectivity index (χ1n) is 8.60. The minimum Gasteiger partial charge on any atom is -0.349 e. The number of aromatic amines is 1. The number of aromatic nitrogens is 3. The molecule has 0 atom stereocenters. The molecule has 3 rings (SSSR count). The number of carbonyl (C=O) groups is 2. The first-order chi connectivity index (χ1) is 12.0. The molecule has 1 saturated heterocycles. The summed E-state index contributed by atoms with van der Waals surface area (Å²) in [5, 5.41) is 10.1. The first kappa shape index (κ1) is 17.1. The summed E-state index contributed by atoms with van der Waals surface area (Å²) in [5.41, 5.74) is 1.97. The van der Waals surface area contributed by atoms with Gasteiger partial charge >= 0.3 is 0 Å². The summed E-state index contributed by atoms with van der Waals surface area (Å²) in [5.74, 6) is 0.134. The number of hydrogen-bond donors (Lipinski definition) is 2. The van der Waals surface area contributed by atoms with Gasteiger partial charge in [-0.25, -0.2) is 0 Å². The number of rotatable bonds is 4. The number of piperidine rings is 1. The van der Waals surface area contributed by atoms with E-state index in [9.17, 15) is 9.59 Å². The monoisotopic (exact) mass is 341 g/mol. The fourth-order valence-corrected chi connectivity index (χ4v) is 2.90. The van der Waals surface area contributed by atoms with E-state index in [-0.39, 0.29) is 17.9 Å². The maximum atomic E-state index is 12.5. The highest BCUT2D eigenvalue weighted by Crippen LogP contribution is 2.16. The van der Waals surface area contributed by atoms with Gasteiger partial charge in [-0.1, -0.05) is 13.8 Å². The Hall–Kier alpha value is -2.70. The van der Waals surface area contributed by atoms with E-state index < -0.39 is 0 Å². The van der Waals surface area contributed by atoms with E-state index in [1.165, 1.54) is 0 Å². The molecule has 0 bridgehead atoms. The van der Waals surface area contributed by atoms with Gasteiger partial charge in [0.2, 0.25) is 0 Å². The van der Waals surface area contributed by atoms with Crippen LogP contribution < -0.4 is 5.32 Å². The van der Waals surface area contributed by atoms with E-state index in [2.05, 4.69) is 34.3 Å². The predicted molar refractivity (Wildman–Crippen MR) is 93.3 cm³/mol. The number of hydrogen-bond acceptors (Lipinski definition) is 4. The van der Waals surface area contributed by atoms with Crippen molar-refractivity contribution in [2.75, 3.05) is 13.1 Å². The van der Waals surface area contributed by atoms with Gasteiger partial charge in [0.15, 0.2) is 0 Å². The Kier molecular flexibility index (Phi) is 5.11. The summed E-state index contributed by atoms with van der Waals surface area (Å²) in [4.78, 5) is 30.5. The van der Waals surface area contributed by atoms with Crippen LogP contribution in [0, 0.1) is 0 Å². The van der Waals surface area contributed by atoms with E-state index >= 15 is 0 Å². The van der Waals surface area contributed by atoms with Crippen molar-refractivity contribution in [3.63, 3.8) is 0 Å². The molecule has 0 saturated carbocycles. The van der Waals surface area contributed by atoms with Crippen molar-refractivity contribution >= 4 is 11.8 Å². The third-order valence-electron chi connectivity index (χ3n) is 4.48. The molecule has 2 aromatic heterocycles. The van der Waals surface area contributed by atoms with Crippen LogP contribution in [0.25, 0.3) is 0 Å². The lowest BCUT2D eigenvalue weighted by molar-refractivity contribution is 0.0692. The average Bonchev–Trinajstić information content (AvgIpc) is 3.13. The van der Waals surface area contributed by atoms with Crippen LogP contribution in [-0.4, -0.2) is 51.0 Å². The predicted octanol–water partition coefficient (Wildman–Crippen LogP) is 1.96. The highest BCUT2D eigenvalue weighted by Gasteiger charge is 2.26. The Bertz CT molecular complexity index is 733. The molecule has 2 N–H and O–H groups in total. The molecule has 1 fully saturated rings. The van der Waals surface area contributed by atoms with Crippen molar-refractivity contribution in [2.24, 2.45) is 0 Å². The van der Waals surface area contributed by atoms with Gasteiger partial charge in [0.05, 0.1) is 5.56 Å². The number of nitrogens with one attached hydrogen (secondary N) is 2. The molecule has 0 aromatic carbocycles. The standard InChI is InChI=1S/C18H23N5O2/c1-12(2)15-10-16(22-21-15)18(25)23-8-5-14(6-9-23)20-17(24)13-4-3-7-19-11-13/h3-4,7,10-12,14H,5-6,8-9H2,1-2H3,(H,20,24)(H,21,22). The summed E-state index contributed by atoms with van der Waals surface area (Å²) in [6, 6.07) is 5.38. The smallest absolute Gasteiger partial charge is 0.274 e. The summed E-state index contributed by atoms with van der Waals surface area (Å²) in [6.45, 7) is 5.33. The molecule has 0 aliphatic carbocycles. The quantitative estimate of drug-likeness (QED) is 0.889. The Labute approximate surface area is 146 Å². The van der Waals surface area contributed by atoms with Crippen LogP contribution in [-0.2, 0) is 0 Å². The van der Waals surface area contributed by atoms with Crippen molar-refractivity contribution in [3.8, 4) is 0 Å². The molecule has 1 aliphatic rings. The molecule has 2 aromatic rings. The minimum absolute atomic E-state index is 0.0554. The summed E-state index contributed by atoms with van der Waals surface area (Å²) in [7, 11) is 0. The molecular formula is C18H23N5O2. The molecule has 0 radical (unpaired) electrons. The van der Waals surface area contributed by atoms with E-state index in [0.29, 0.717) is 30.3 Å². The summed E-state index contributed by atoms with van der Waals surface area (Å²) >= 11 is 0. The van der Waals surface area contributed by atoms with Gasteiger partial charge in [0, 0.05) is 37.2 Å². The zero-order chi connectivity index (χ0) is 17.8. The van der Waals surface area contributed by atoms with E-state index in [1.807, 2.05) is 6.07 Å². The van der Waals surface area contributed by atoms with Crippen LogP contribution in [0.5, 0.6) is 0 Å². The third kappa shape index (κ3) is 4.04. The number of likely N-dealkylation sites (tertiary alicyclic amines) is 1. The van der Waals surface area contributed by atoms with Crippen LogP contribution in [0.4, 0.5) is 0 Å². The molecule has 7 heteroatoms. The van der Waals surface area contributed by atoms with Crippen molar-refractivity contribution in [1.82, 2.24) is 25.4 Å². The number of pyridine rings is 1. The van der Waals surface area contributed by atoms with Gasteiger partial charge in [-0.15, -0.1) is 0 Å². The molecule has 132 valence electrons. The molecular weight excluding hydrogens is 318 g/mol. The number of carbonyl (C=O) groups excluding carboxylic acids is 2. The van der Waals surface area contributed by atoms with Crippen molar-refractivity contribution in [2.45, 2.75) is 38.6 Å². The summed E-state index contributed by atoms with van der Waals surface area (Å²) in [6.07, 6.45) is 4.66. The van der Waals surface area contributed by atoms with E-state index in [0.717, 1.165) is 18.5 Å². The van der Waals surface area contributed by atoms with Gasteiger partial charge in [-0.3, -0.25) is 19.7 Å². The van der Waals surface area contributed by atoms with Crippen LogP contribution in [0.2, 0.25) is 0 Å². The van der Waals surface area contributed by atoms with Crippen LogP contribution in [0.3, 0.4) is 0 Å². The van der Waals surface area contributed by atoms with E-state index in [4.69, 9.17) is 0 Å². The second kappa shape index (κ2) is 7.46. The molecule has 2 amide bonds. The topological polar surface area (TPSA) is 91.0 Å². The number of H-pyrrole nitrogens is 1. The molecule has 0 unspecified atom stereocenters. The van der Waals surface area contributed by atoms with Crippen LogP contribution >= 0.6 is 0 Å². The van der Waals surface area contributed by atoms with Crippen LogP contribution in [0.1, 0.15) is 59.1 Å². The Morgan fingerprint density at radius 2 is 2.08 bits per heavy atom. The Balaban J connectivity index is 1.53. The largest absolute Gasteiger partial charge is 0.349 e. The first-order valence-corrected chi connectivity index (χ1v) is 8.60. The zero-order valence-electron chi connectivity index (χ0n) is 14.5. The summed E-state index contributed by atoms with van der Waals surface area (Å²) < 4.78 is 0. The molecule has 0 spiro atoms. The van der Waals surface area contributed by atoms with Gasteiger partial charge < -0.3 is 10.2 Å². The lowest BCUT2D eigenvalue weighted by Gasteiger charge is -2.32. The zero-order valence-corrected chi connectivity index (χ0v) is 14.5. The van der Waals surface area contributed by atoms with Gasteiger partial charge in [-0.2, -0.15) is 5.10 Å². The lowest BCUT2D eigenvalue weighted by atomic mass is 10.0. The Morgan fingerprint density at radius 1 is 1.32 bits per heavy atom. The maximum Gasteiger partial charge on any atom is 0.274 e. The molecule has 1 aliphatic heterocycles. The SMILES string of the molecule is CC(C)c1cc(C(=O)N2CCC(NC(=O)c3cccnc3)CC2)n[nH]1. The van der Waals surface area contributed by atoms with Crippen molar-refractivity contribution in [1.29, 1.82) is 0 Å². The van der Waals surface area contributed by atoms with Crippen molar-refractivity contribution in [3.05, 3.63) is 47.5 Å². The molecule has 7 nitrogen and oxygen atoms in total. The average molecular weight is 341 g/mol. The van der Waals surface area contributed by atoms with Crippen LogP contribution in [0.15, 0.2) is 30.6 Å². The third-order valence-corrected chi connectivity index (χ3v) is 4.48. The number of nitrogens with zero attached hydrogens (tertiary/aromatic N) is 3. The second-order valence-corrected chi connectivity index (χ2v) is 6.64. The number of amides is 2.